The normalized spacial score (nSPS) is 25.9. The van der Waals surface area contributed by atoms with E-state index in [1.165, 1.54) is 18.4 Å². The summed E-state index contributed by atoms with van der Waals surface area (Å²) in [6.45, 7) is 0. The van der Waals surface area contributed by atoms with Gasteiger partial charge in [0.15, 0.2) is 0 Å². The molecule has 1 fully saturated rings. The highest BCUT2D eigenvalue weighted by atomic mass is 35.5. The van der Waals surface area contributed by atoms with E-state index in [9.17, 15) is 0 Å². The van der Waals surface area contributed by atoms with Gasteiger partial charge < -0.3 is 0 Å². The van der Waals surface area contributed by atoms with Gasteiger partial charge in [0.2, 0.25) is 0 Å². The number of halogens is 2. The minimum Gasteiger partial charge on any atom is -0.179 e. The Kier molecular flexibility index (Phi) is 3.30. The molecule has 0 nitrogen and oxygen atoms in total. The maximum absolute atomic E-state index is 5.98. The molecule has 2 rings (SSSR count). The maximum atomic E-state index is 5.98. The highest BCUT2D eigenvalue weighted by Crippen LogP contribution is 2.44. The van der Waals surface area contributed by atoms with E-state index in [0.29, 0.717) is 16.0 Å². The van der Waals surface area contributed by atoms with E-state index in [1.807, 2.05) is 12.1 Å². The van der Waals surface area contributed by atoms with Crippen molar-refractivity contribution in [3.8, 4) is 0 Å². The van der Waals surface area contributed by atoms with E-state index in [4.69, 9.17) is 23.2 Å². The first-order chi connectivity index (χ1) is 6.72. The zero-order chi connectivity index (χ0) is 10.1. The third kappa shape index (κ3) is 1.91. The summed E-state index contributed by atoms with van der Waals surface area (Å²) < 4.78 is 0. The Morgan fingerprint density at radius 3 is 2.50 bits per heavy atom. The summed E-state index contributed by atoms with van der Waals surface area (Å²) in [5.74, 6) is 2.32. The molecule has 3 heteroatoms. The Hall–Kier alpha value is 0.150. The molecule has 14 heavy (non-hydrogen) atoms. The van der Waals surface area contributed by atoms with E-state index in [0.717, 1.165) is 11.7 Å². The first-order valence-corrected chi connectivity index (χ1v) is 6.17. The second kappa shape index (κ2) is 4.34. The zero-order valence-electron chi connectivity index (χ0n) is 7.71. The van der Waals surface area contributed by atoms with Gasteiger partial charge in [-0.05, 0) is 48.1 Å². The van der Waals surface area contributed by atoms with Gasteiger partial charge in [-0.3, -0.25) is 0 Å². The van der Waals surface area contributed by atoms with Crippen molar-refractivity contribution in [3.05, 3.63) is 33.8 Å². The van der Waals surface area contributed by atoms with Crippen LogP contribution in [0.1, 0.15) is 24.3 Å². The Morgan fingerprint density at radius 1 is 1.21 bits per heavy atom. The quantitative estimate of drug-likeness (QED) is 0.735. The van der Waals surface area contributed by atoms with Crippen molar-refractivity contribution in [2.24, 2.45) is 5.92 Å². The summed E-state index contributed by atoms with van der Waals surface area (Å²) in [5.41, 5.74) is 1.31. The van der Waals surface area contributed by atoms with Gasteiger partial charge in [0.05, 0.1) is 10.0 Å². The highest BCUT2D eigenvalue weighted by Gasteiger charge is 2.30. The molecule has 0 spiro atoms. The number of benzene rings is 1. The Balaban J connectivity index is 2.20. The number of hydrogen-bond acceptors (Lipinski definition) is 1. The average Bonchev–Trinajstić information content (AvgIpc) is 2.10. The van der Waals surface area contributed by atoms with Crippen LogP contribution in [0.4, 0.5) is 0 Å². The fourth-order valence-electron chi connectivity index (χ4n) is 1.97. The van der Waals surface area contributed by atoms with E-state index in [2.05, 4.69) is 18.7 Å². The minimum atomic E-state index is 0.636. The summed E-state index contributed by atoms with van der Waals surface area (Å²) in [6, 6.07) is 5.95. The van der Waals surface area contributed by atoms with Crippen molar-refractivity contribution in [2.45, 2.75) is 18.8 Å². The first kappa shape index (κ1) is 10.7. The van der Waals surface area contributed by atoms with E-state index < -0.39 is 0 Å². The van der Waals surface area contributed by atoms with Gasteiger partial charge in [-0.15, -0.1) is 0 Å². The first-order valence-electron chi connectivity index (χ1n) is 4.78. The monoisotopic (exact) mass is 246 g/mol. The van der Waals surface area contributed by atoms with Crippen molar-refractivity contribution in [3.63, 3.8) is 0 Å². The smallest absolute Gasteiger partial charge is 0.0595 e. The molecule has 2 unspecified atom stereocenters. The molecule has 1 aromatic carbocycles. The van der Waals surface area contributed by atoms with Crippen molar-refractivity contribution in [2.75, 3.05) is 5.75 Å². The van der Waals surface area contributed by atoms with Gasteiger partial charge in [0.25, 0.3) is 0 Å². The van der Waals surface area contributed by atoms with Gasteiger partial charge in [-0.1, -0.05) is 29.3 Å². The SMILES string of the molecule is SCC1CCC1c1ccc(Cl)c(Cl)c1. The second-order valence-electron chi connectivity index (χ2n) is 3.80. The topological polar surface area (TPSA) is 0 Å². The van der Waals surface area contributed by atoms with Gasteiger partial charge in [0.1, 0.15) is 0 Å². The summed E-state index contributed by atoms with van der Waals surface area (Å²) in [4.78, 5) is 0. The van der Waals surface area contributed by atoms with Crippen molar-refractivity contribution in [1.82, 2.24) is 0 Å². The molecule has 0 bridgehead atoms. The van der Waals surface area contributed by atoms with Gasteiger partial charge >= 0.3 is 0 Å². The molecule has 76 valence electrons. The third-order valence-electron chi connectivity index (χ3n) is 3.02. The zero-order valence-corrected chi connectivity index (χ0v) is 10.1. The molecular formula is C11H12Cl2S. The molecule has 1 aromatic rings. The van der Waals surface area contributed by atoms with Crippen molar-refractivity contribution >= 4 is 35.8 Å². The lowest BCUT2D eigenvalue weighted by molar-refractivity contribution is 0.287. The predicted molar refractivity (Wildman–Crippen MR) is 65.8 cm³/mol. The van der Waals surface area contributed by atoms with Gasteiger partial charge in [0, 0.05) is 0 Å². The summed E-state index contributed by atoms with van der Waals surface area (Å²) >= 11 is 16.2. The van der Waals surface area contributed by atoms with E-state index >= 15 is 0 Å². The van der Waals surface area contributed by atoms with Gasteiger partial charge in [-0.2, -0.15) is 12.6 Å². The summed E-state index contributed by atoms with van der Waals surface area (Å²) in [6.07, 6.45) is 2.54. The molecule has 0 aliphatic heterocycles. The van der Waals surface area contributed by atoms with Crippen LogP contribution in [0.25, 0.3) is 0 Å². The van der Waals surface area contributed by atoms with Crippen molar-refractivity contribution < 1.29 is 0 Å². The molecule has 1 saturated carbocycles. The lowest BCUT2D eigenvalue weighted by Crippen LogP contribution is -2.25. The molecule has 0 saturated heterocycles. The molecule has 0 radical (unpaired) electrons. The molecule has 0 N–H and O–H groups in total. The van der Waals surface area contributed by atoms with Crippen LogP contribution in [0.2, 0.25) is 10.0 Å². The number of thiol groups is 1. The molecule has 0 heterocycles. The van der Waals surface area contributed by atoms with Gasteiger partial charge in [-0.25, -0.2) is 0 Å². The van der Waals surface area contributed by atoms with E-state index in [-0.39, 0.29) is 0 Å². The van der Waals surface area contributed by atoms with Crippen LogP contribution in [-0.4, -0.2) is 5.75 Å². The minimum absolute atomic E-state index is 0.636. The molecule has 0 amide bonds. The Labute approximate surface area is 100 Å². The molecular weight excluding hydrogens is 235 g/mol. The lowest BCUT2D eigenvalue weighted by Gasteiger charge is -2.36. The standard InChI is InChI=1S/C11H12Cl2S/c12-10-4-2-7(5-11(10)13)9-3-1-8(9)6-14/h2,4-5,8-9,14H,1,3,6H2. The fourth-order valence-corrected chi connectivity index (χ4v) is 2.71. The van der Waals surface area contributed by atoms with Crippen LogP contribution in [0, 0.1) is 5.92 Å². The largest absolute Gasteiger partial charge is 0.179 e. The van der Waals surface area contributed by atoms with E-state index in [1.54, 1.807) is 0 Å². The molecule has 1 aliphatic carbocycles. The van der Waals surface area contributed by atoms with Crippen LogP contribution in [0.3, 0.4) is 0 Å². The van der Waals surface area contributed by atoms with Crippen LogP contribution in [-0.2, 0) is 0 Å². The highest BCUT2D eigenvalue weighted by molar-refractivity contribution is 7.80. The summed E-state index contributed by atoms with van der Waals surface area (Å²) in [7, 11) is 0. The third-order valence-corrected chi connectivity index (χ3v) is 4.23. The average molecular weight is 247 g/mol. The summed E-state index contributed by atoms with van der Waals surface area (Å²) in [5, 5.41) is 1.30. The maximum Gasteiger partial charge on any atom is 0.0595 e. The Morgan fingerprint density at radius 2 is 2.00 bits per heavy atom. The predicted octanol–water partition coefficient (Wildman–Crippen LogP) is 4.42. The van der Waals surface area contributed by atoms with Crippen molar-refractivity contribution in [1.29, 1.82) is 0 Å². The molecule has 0 aromatic heterocycles. The molecule has 2 atom stereocenters. The van der Waals surface area contributed by atoms with Crippen LogP contribution in [0.5, 0.6) is 0 Å². The number of rotatable bonds is 2. The van der Waals surface area contributed by atoms with Crippen LogP contribution >= 0.6 is 35.8 Å². The fraction of sp³-hybridized carbons (Fsp3) is 0.455. The van der Waals surface area contributed by atoms with Crippen LogP contribution < -0.4 is 0 Å². The number of hydrogen-bond donors (Lipinski definition) is 1. The second-order valence-corrected chi connectivity index (χ2v) is 4.98. The Bertz CT molecular complexity index is 336. The van der Waals surface area contributed by atoms with Crippen LogP contribution in [0.15, 0.2) is 18.2 Å². The lowest BCUT2D eigenvalue weighted by atomic mass is 9.71. The molecule has 1 aliphatic rings.